The molecule has 0 spiro atoms. The van der Waals surface area contributed by atoms with Crippen molar-refractivity contribution < 1.29 is 18.3 Å². The molecule has 112 valence electrons. The summed E-state index contributed by atoms with van der Waals surface area (Å²) in [6, 6.07) is 10.3. The van der Waals surface area contributed by atoms with E-state index in [1.54, 1.807) is 18.2 Å². The van der Waals surface area contributed by atoms with Crippen molar-refractivity contribution in [3.8, 4) is 17.6 Å². The van der Waals surface area contributed by atoms with Gasteiger partial charge in [-0.25, -0.2) is 8.78 Å². The van der Waals surface area contributed by atoms with Gasteiger partial charge < -0.3 is 9.47 Å². The minimum atomic E-state index is -0.728. The van der Waals surface area contributed by atoms with E-state index in [1.165, 1.54) is 26.4 Å². The summed E-state index contributed by atoms with van der Waals surface area (Å²) in [4.78, 5) is 0. The van der Waals surface area contributed by atoms with Crippen LogP contribution in [0, 0.1) is 23.0 Å². The highest BCUT2D eigenvalue weighted by Gasteiger charge is 2.11. The number of nitriles is 1. The Morgan fingerprint density at radius 3 is 2.23 bits per heavy atom. The second-order valence-corrected chi connectivity index (χ2v) is 4.37. The number of ether oxygens (including phenoxy) is 2. The molecule has 0 aromatic heterocycles. The van der Waals surface area contributed by atoms with Crippen LogP contribution < -0.4 is 9.47 Å². The third kappa shape index (κ3) is 3.07. The van der Waals surface area contributed by atoms with Crippen LogP contribution in [0.25, 0.3) is 11.6 Å². The average Bonchev–Trinajstić information content (AvgIpc) is 2.54. The van der Waals surface area contributed by atoms with E-state index in [1.807, 2.05) is 6.07 Å². The largest absolute Gasteiger partial charge is 0.493 e. The summed E-state index contributed by atoms with van der Waals surface area (Å²) in [6.45, 7) is 0. The third-order valence-electron chi connectivity index (χ3n) is 3.10. The predicted octanol–water partition coefficient (Wildman–Crippen LogP) is 4.05. The summed E-state index contributed by atoms with van der Waals surface area (Å²) < 4.78 is 37.6. The van der Waals surface area contributed by atoms with Crippen LogP contribution in [-0.2, 0) is 0 Å². The van der Waals surface area contributed by atoms with Crippen LogP contribution in [0.4, 0.5) is 8.78 Å². The van der Waals surface area contributed by atoms with Crippen LogP contribution in [0.2, 0.25) is 0 Å². The number of nitrogens with zero attached hydrogens (tertiary/aromatic N) is 1. The Bertz CT molecular complexity index is 743. The van der Waals surface area contributed by atoms with E-state index in [2.05, 4.69) is 0 Å². The van der Waals surface area contributed by atoms with Crippen molar-refractivity contribution in [1.82, 2.24) is 0 Å². The van der Waals surface area contributed by atoms with E-state index < -0.39 is 11.6 Å². The molecular formula is C17H13F2NO2. The van der Waals surface area contributed by atoms with Gasteiger partial charge in [0, 0.05) is 5.56 Å². The molecule has 0 saturated carbocycles. The highest BCUT2D eigenvalue weighted by molar-refractivity contribution is 5.90. The third-order valence-corrected chi connectivity index (χ3v) is 3.10. The van der Waals surface area contributed by atoms with Gasteiger partial charge in [0.05, 0.1) is 25.9 Å². The summed E-state index contributed by atoms with van der Waals surface area (Å²) in [5.74, 6) is -0.530. The summed E-state index contributed by atoms with van der Waals surface area (Å²) in [7, 11) is 2.96. The Morgan fingerprint density at radius 1 is 1.05 bits per heavy atom. The fourth-order valence-electron chi connectivity index (χ4n) is 1.98. The molecule has 2 aromatic carbocycles. The van der Waals surface area contributed by atoms with Crippen molar-refractivity contribution in [1.29, 1.82) is 5.26 Å². The Hall–Kier alpha value is -2.87. The molecule has 0 radical (unpaired) electrons. The molecule has 0 aliphatic rings. The normalized spacial score (nSPS) is 11.0. The van der Waals surface area contributed by atoms with Gasteiger partial charge in [0.25, 0.3) is 0 Å². The number of benzene rings is 2. The molecule has 0 aliphatic heterocycles. The van der Waals surface area contributed by atoms with Crippen molar-refractivity contribution in [2.45, 2.75) is 0 Å². The van der Waals surface area contributed by atoms with E-state index in [0.717, 1.165) is 12.1 Å². The van der Waals surface area contributed by atoms with Gasteiger partial charge in [-0.2, -0.15) is 5.26 Å². The van der Waals surface area contributed by atoms with E-state index in [-0.39, 0.29) is 11.1 Å². The number of hydrogen-bond acceptors (Lipinski definition) is 3. The second-order valence-electron chi connectivity index (χ2n) is 4.37. The van der Waals surface area contributed by atoms with E-state index >= 15 is 0 Å². The van der Waals surface area contributed by atoms with Crippen LogP contribution in [0.15, 0.2) is 36.4 Å². The zero-order valence-electron chi connectivity index (χ0n) is 12.1. The minimum Gasteiger partial charge on any atom is -0.493 e. The number of allylic oxidation sites excluding steroid dienone is 1. The molecule has 0 aliphatic carbocycles. The second kappa shape index (κ2) is 6.72. The van der Waals surface area contributed by atoms with Gasteiger partial charge in [0.2, 0.25) is 0 Å². The standard InChI is InChI=1S/C17H13F2NO2/c1-21-16-7-6-11(9-17(16)22-2)12(10-20)8-13-14(18)4-3-5-15(13)19/h3-9H,1-2H3. The first-order valence-electron chi connectivity index (χ1n) is 6.39. The molecule has 5 heteroatoms. The van der Waals surface area contributed by atoms with Gasteiger partial charge in [-0.1, -0.05) is 6.07 Å². The highest BCUT2D eigenvalue weighted by Crippen LogP contribution is 2.31. The first kappa shape index (κ1) is 15.5. The Labute approximate surface area is 127 Å². The molecule has 0 bridgehead atoms. The fraction of sp³-hybridized carbons (Fsp3) is 0.118. The molecule has 0 amide bonds. The van der Waals surface area contributed by atoms with Gasteiger partial charge in [0.1, 0.15) is 11.6 Å². The predicted molar refractivity (Wildman–Crippen MR) is 79.4 cm³/mol. The Morgan fingerprint density at radius 2 is 1.68 bits per heavy atom. The van der Waals surface area contributed by atoms with Crippen molar-refractivity contribution in [3.63, 3.8) is 0 Å². The lowest BCUT2D eigenvalue weighted by molar-refractivity contribution is 0.355. The monoisotopic (exact) mass is 301 g/mol. The molecule has 2 aromatic rings. The van der Waals surface area contributed by atoms with Crippen LogP contribution in [0.3, 0.4) is 0 Å². The lowest BCUT2D eigenvalue weighted by atomic mass is 10.0. The average molecular weight is 301 g/mol. The number of methoxy groups -OCH3 is 2. The SMILES string of the molecule is COc1ccc(C(C#N)=Cc2c(F)cccc2F)cc1OC. The first-order chi connectivity index (χ1) is 10.6. The molecule has 0 fully saturated rings. The molecule has 3 nitrogen and oxygen atoms in total. The van der Waals surface area contributed by atoms with E-state index in [9.17, 15) is 14.0 Å². The van der Waals surface area contributed by atoms with Gasteiger partial charge >= 0.3 is 0 Å². The summed E-state index contributed by atoms with van der Waals surface area (Å²) in [5.41, 5.74) is 0.335. The number of hydrogen-bond donors (Lipinski definition) is 0. The van der Waals surface area contributed by atoms with Crippen molar-refractivity contribution in [3.05, 3.63) is 59.2 Å². The fourth-order valence-corrected chi connectivity index (χ4v) is 1.98. The van der Waals surface area contributed by atoms with Crippen molar-refractivity contribution in [2.75, 3.05) is 14.2 Å². The Kier molecular flexibility index (Phi) is 4.74. The van der Waals surface area contributed by atoms with Gasteiger partial charge in [0.15, 0.2) is 11.5 Å². The molecule has 2 rings (SSSR count). The van der Waals surface area contributed by atoms with Gasteiger partial charge in [-0.3, -0.25) is 0 Å². The molecule has 0 saturated heterocycles. The number of rotatable bonds is 4. The highest BCUT2D eigenvalue weighted by atomic mass is 19.1. The van der Waals surface area contributed by atoms with Crippen LogP contribution in [-0.4, -0.2) is 14.2 Å². The smallest absolute Gasteiger partial charge is 0.161 e. The van der Waals surface area contributed by atoms with Gasteiger partial charge in [-0.15, -0.1) is 0 Å². The van der Waals surface area contributed by atoms with E-state index in [4.69, 9.17) is 9.47 Å². The van der Waals surface area contributed by atoms with Crippen LogP contribution >= 0.6 is 0 Å². The maximum Gasteiger partial charge on any atom is 0.161 e. The quantitative estimate of drug-likeness (QED) is 0.632. The van der Waals surface area contributed by atoms with Gasteiger partial charge in [-0.05, 0) is 42.0 Å². The lowest BCUT2D eigenvalue weighted by Gasteiger charge is -2.09. The molecule has 0 atom stereocenters. The van der Waals surface area contributed by atoms with Crippen molar-refractivity contribution >= 4 is 11.6 Å². The molecule has 22 heavy (non-hydrogen) atoms. The van der Waals surface area contributed by atoms with Crippen LogP contribution in [0.1, 0.15) is 11.1 Å². The molecule has 0 unspecified atom stereocenters. The maximum absolute atomic E-state index is 13.7. The summed E-state index contributed by atoms with van der Waals surface area (Å²) in [5, 5.41) is 9.28. The summed E-state index contributed by atoms with van der Waals surface area (Å²) >= 11 is 0. The lowest BCUT2D eigenvalue weighted by Crippen LogP contribution is -1.93. The summed E-state index contributed by atoms with van der Waals surface area (Å²) in [6.07, 6.45) is 1.17. The Balaban J connectivity index is 2.53. The van der Waals surface area contributed by atoms with E-state index in [0.29, 0.717) is 17.1 Å². The first-order valence-corrected chi connectivity index (χ1v) is 6.39. The number of halogens is 2. The topological polar surface area (TPSA) is 42.2 Å². The molecule has 0 N–H and O–H groups in total. The zero-order valence-corrected chi connectivity index (χ0v) is 12.1. The minimum absolute atomic E-state index is 0.116. The van der Waals surface area contributed by atoms with Crippen LogP contribution in [0.5, 0.6) is 11.5 Å². The van der Waals surface area contributed by atoms with Crippen molar-refractivity contribution in [2.24, 2.45) is 0 Å². The zero-order chi connectivity index (χ0) is 16.1. The molecular weight excluding hydrogens is 288 g/mol. The molecule has 0 heterocycles. The maximum atomic E-state index is 13.7.